The van der Waals surface area contributed by atoms with Gasteiger partial charge < -0.3 is 11.1 Å². The number of rotatable bonds is 4. The first-order valence-corrected chi connectivity index (χ1v) is 4.70. The lowest BCUT2D eigenvalue weighted by Gasteiger charge is -2.43. The van der Waals surface area contributed by atoms with Crippen LogP contribution in [-0.4, -0.2) is 18.1 Å². The fourth-order valence-electron chi connectivity index (χ4n) is 1.64. The van der Waals surface area contributed by atoms with E-state index in [0.29, 0.717) is 11.6 Å². The van der Waals surface area contributed by atoms with E-state index in [4.69, 9.17) is 5.73 Å². The van der Waals surface area contributed by atoms with Crippen molar-refractivity contribution in [2.75, 3.05) is 6.54 Å². The minimum Gasteiger partial charge on any atom is -0.329 e. The summed E-state index contributed by atoms with van der Waals surface area (Å²) in [5, 5.41) is 3.60. The van der Waals surface area contributed by atoms with Gasteiger partial charge in [-0.25, -0.2) is 0 Å². The molecule has 0 saturated heterocycles. The van der Waals surface area contributed by atoms with Gasteiger partial charge in [-0.05, 0) is 32.6 Å². The van der Waals surface area contributed by atoms with Gasteiger partial charge in [0.25, 0.3) is 0 Å². The number of hydrogen-bond donors (Lipinski definition) is 2. The van der Waals surface area contributed by atoms with Crippen molar-refractivity contribution in [3.05, 3.63) is 0 Å². The zero-order valence-electron chi connectivity index (χ0n) is 7.69. The summed E-state index contributed by atoms with van der Waals surface area (Å²) in [4.78, 5) is 0. The second kappa shape index (κ2) is 3.55. The highest BCUT2D eigenvalue weighted by Crippen LogP contribution is 2.31. The second-order valence-corrected chi connectivity index (χ2v) is 3.79. The molecule has 0 radical (unpaired) electrons. The molecule has 2 nitrogen and oxygen atoms in total. The highest BCUT2D eigenvalue weighted by Gasteiger charge is 2.35. The molecule has 11 heavy (non-hydrogen) atoms. The Morgan fingerprint density at radius 1 is 1.55 bits per heavy atom. The van der Waals surface area contributed by atoms with Gasteiger partial charge in [-0.1, -0.05) is 6.92 Å². The Hall–Kier alpha value is -0.0800. The van der Waals surface area contributed by atoms with E-state index in [1.54, 1.807) is 0 Å². The third-order valence-corrected chi connectivity index (χ3v) is 2.87. The molecule has 2 heteroatoms. The molecular formula is C9H20N2. The molecule has 3 N–H and O–H groups in total. The molecule has 1 atom stereocenters. The van der Waals surface area contributed by atoms with E-state index < -0.39 is 0 Å². The average molecular weight is 156 g/mol. The molecule has 1 fully saturated rings. The molecule has 1 unspecified atom stereocenters. The molecule has 1 rings (SSSR count). The number of hydrogen-bond acceptors (Lipinski definition) is 2. The van der Waals surface area contributed by atoms with Crippen LogP contribution in [0.4, 0.5) is 0 Å². The predicted molar refractivity (Wildman–Crippen MR) is 48.5 cm³/mol. The first-order chi connectivity index (χ1) is 5.22. The Kier molecular flexibility index (Phi) is 2.90. The zero-order chi connectivity index (χ0) is 8.32. The summed E-state index contributed by atoms with van der Waals surface area (Å²) >= 11 is 0. The van der Waals surface area contributed by atoms with E-state index in [-0.39, 0.29) is 0 Å². The maximum atomic E-state index is 5.71. The zero-order valence-corrected chi connectivity index (χ0v) is 7.69. The Morgan fingerprint density at radius 2 is 2.18 bits per heavy atom. The third-order valence-electron chi connectivity index (χ3n) is 2.87. The van der Waals surface area contributed by atoms with E-state index in [2.05, 4.69) is 19.2 Å². The molecule has 0 aliphatic heterocycles. The lowest BCUT2D eigenvalue weighted by molar-refractivity contribution is 0.173. The summed E-state index contributed by atoms with van der Waals surface area (Å²) in [5.41, 5.74) is 6.02. The molecule has 1 aliphatic rings. The van der Waals surface area contributed by atoms with E-state index in [9.17, 15) is 0 Å². The van der Waals surface area contributed by atoms with Gasteiger partial charge in [0.1, 0.15) is 0 Å². The van der Waals surface area contributed by atoms with Crippen molar-refractivity contribution in [2.24, 2.45) is 5.73 Å². The van der Waals surface area contributed by atoms with Crippen LogP contribution in [0.15, 0.2) is 0 Å². The summed E-state index contributed by atoms with van der Waals surface area (Å²) in [6.45, 7) is 5.24. The van der Waals surface area contributed by atoms with Crippen LogP contribution in [0, 0.1) is 0 Å². The second-order valence-electron chi connectivity index (χ2n) is 3.79. The van der Waals surface area contributed by atoms with Crippen molar-refractivity contribution in [2.45, 2.75) is 51.1 Å². The summed E-state index contributed by atoms with van der Waals surface area (Å²) in [5.74, 6) is 0. The minimum atomic E-state index is 0.315. The van der Waals surface area contributed by atoms with Crippen molar-refractivity contribution in [1.29, 1.82) is 0 Å². The maximum Gasteiger partial charge on any atom is 0.0306 e. The summed E-state index contributed by atoms with van der Waals surface area (Å²) < 4.78 is 0. The summed E-state index contributed by atoms with van der Waals surface area (Å²) in [6, 6.07) is 0.624. The molecule has 0 bridgehead atoms. The minimum absolute atomic E-state index is 0.315. The van der Waals surface area contributed by atoms with E-state index in [1.165, 1.54) is 25.7 Å². The van der Waals surface area contributed by atoms with Gasteiger partial charge in [0.15, 0.2) is 0 Å². The number of nitrogens with two attached hydrogens (primary N) is 1. The van der Waals surface area contributed by atoms with Crippen LogP contribution in [-0.2, 0) is 0 Å². The molecule has 1 aliphatic carbocycles. The quantitative estimate of drug-likeness (QED) is 0.643. The molecule has 0 amide bonds. The van der Waals surface area contributed by atoms with Crippen LogP contribution in [0.2, 0.25) is 0 Å². The lowest BCUT2D eigenvalue weighted by Crippen LogP contribution is -2.58. The van der Waals surface area contributed by atoms with Gasteiger partial charge in [-0.15, -0.1) is 0 Å². The SMILES string of the molecule is CCC(C)NC1(CN)CCC1. The largest absolute Gasteiger partial charge is 0.329 e. The van der Waals surface area contributed by atoms with Crippen LogP contribution in [0.5, 0.6) is 0 Å². The first kappa shape index (κ1) is 9.01. The third kappa shape index (κ3) is 1.94. The summed E-state index contributed by atoms with van der Waals surface area (Å²) in [7, 11) is 0. The van der Waals surface area contributed by atoms with Gasteiger partial charge >= 0.3 is 0 Å². The van der Waals surface area contributed by atoms with Gasteiger partial charge in [0.05, 0.1) is 0 Å². The standard InChI is InChI=1S/C9H20N2/c1-3-8(2)11-9(7-10)5-4-6-9/h8,11H,3-7,10H2,1-2H3. The van der Waals surface area contributed by atoms with E-state index >= 15 is 0 Å². The van der Waals surface area contributed by atoms with Crippen molar-refractivity contribution < 1.29 is 0 Å². The molecule has 0 aromatic rings. The highest BCUT2D eigenvalue weighted by atomic mass is 15.0. The van der Waals surface area contributed by atoms with E-state index in [0.717, 1.165) is 6.54 Å². The smallest absolute Gasteiger partial charge is 0.0306 e. The molecule has 0 aromatic carbocycles. The van der Waals surface area contributed by atoms with Crippen molar-refractivity contribution in [3.63, 3.8) is 0 Å². The fourth-order valence-corrected chi connectivity index (χ4v) is 1.64. The van der Waals surface area contributed by atoms with Crippen molar-refractivity contribution in [1.82, 2.24) is 5.32 Å². The van der Waals surface area contributed by atoms with Gasteiger partial charge in [-0.2, -0.15) is 0 Å². The van der Waals surface area contributed by atoms with Crippen LogP contribution < -0.4 is 11.1 Å². The topological polar surface area (TPSA) is 38.0 Å². The molecule has 0 aromatic heterocycles. The van der Waals surface area contributed by atoms with Crippen molar-refractivity contribution >= 4 is 0 Å². The average Bonchev–Trinajstić information content (AvgIpc) is 1.96. The molecule has 1 saturated carbocycles. The Bertz CT molecular complexity index is 113. The fraction of sp³-hybridized carbons (Fsp3) is 1.00. The van der Waals surface area contributed by atoms with Crippen molar-refractivity contribution in [3.8, 4) is 0 Å². The van der Waals surface area contributed by atoms with Gasteiger partial charge in [0.2, 0.25) is 0 Å². The maximum absolute atomic E-state index is 5.71. The normalized spacial score (nSPS) is 24.3. The monoisotopic (exact) mass is 156 g/mol. The van der Waals surface area contributed by atoms with E-state index in [1.807, 2.05) is 0 Å². The molecular weight excluding hydrogens is 136 g/mol. The van der Waals surface area contributed by atoms with Crippen LogP contribution in [0.25, 0.3) is 0 Å². The predicted octanol–water partition coefficient (Wildman–Crippen LogP) is 1.26. The Balaban J connectivity index is 2.32. The molecule has 66 valence electrons. The number of nitrogens with one attached hydrogen (secondary N) is 1. The lowest BCUT2D eigenvalue weighted by atomic mass is 9.76. The highest BCUT2D eigenvalue weighted by molar-refractivity contribution is 4.97. The molecule has 0 spiro atoms. The van der Waals surface area contributed by atoms with Crippen LogP contribution in [0.1, 0.15) is 39.5 Å². The Morgan fingerprint density at radius 3 is 2.45 bits per heavy atom. The van der Waals surface area contributed by atoms with Crippen LogP contribution >= 0.6 is 0 Å². The molecule has 0 heterocycles. The summed E-state index contributed by atoms with van der Waals surface area (Å²) in [6.07, 6.45) is 5.09. The Labute approximate surface area is 69.5 Å². The van der Waals surface area contributed by atoms with Gasteiger partial charge in [0, 0.05) is 18.1 Å². The van der Waals surface area contributed by atoms with Crippen LogP contribution in [0.3, 0.4) is 0 Å². The van der Waals surface area contributed by atoms with Gasteiger partial charge in [-0.3, -0.25) is 0 Å². The first-order valence-electron chi connectivity index (χ1n) is 4.70.